The van der Waals surface area contributed by atoms with Crippen molar-refractivity contribution in [1.82, 2.24) is 14.8 Å². The molecule has 4 rings (SSSR count). The Hall–Kier alpha value is -2.25. The number of likely N-dealkylation sites (tertiary alicyclic amines) is 2. The second-order valence-corrected chi connectivity index (χ2v) is 9.08. The molecule has 1 unspecified atom stereocenters. The number of pyridine rings is 1. The number of piperidine rings is 2. The predicted octanol–water partition coefficient (Wildman–Crippen LogP) is 2.59. The number of carbonyl (C=O) groups excluding carboxylic acids is 2. The molecule has 0 aliphatic carbocycles. The van der Waals surface area contributed by atoms with Crippen LogP contribution in [0.1, 0.15) is 41.6 Å². The average molecular weight is 414 g/mol. The molecule has 4 heterocycles. The van der Waals surface area contributed by atoms with Crippen LogP contribution in [0.5, 0.6) is 0 Å². The van der Waals surface area contributed by atoms with E-state index in [2.05, 4.69) is 16.4 Å². The zero-order valence-corrected chi connectivity index (χ0v) is 17.3. The second kappa shape index (κ2) is 8.63. The lowest BCUT2D eigenvalue weighted by Gasteiger charge is -2.49. The highest BCUT2D eigenvalue weighted by molar-refractivity contribution is 7.07. The number of aromatic nitrogens is 1. The first-order valence-corrected chi connectivity index (χ1v) is 11.2. The van der Waals surface area contributed by atoms with Crippen molar-refractivity contribution in [2.75, 3.05) is 26.2 Å². The van der Waals surface area contributed by atoms with Crippen molar-refractivity contribution in [3.8, 4) is 0 Å². The number of aliphatic hydroxyl groups excluding tert-OH is 1. The van der Waals surface area contributed by atoms with E-state index in [0.717, 1.165) is 19.3 Å². The molecule has 2 amide bonds. The van der Waals surface area contributed by atoms with Crippen LogP contribution >= 0.6 is 11.3 Å². The minimum atomic E-state index is -0.523. The molecule has 6 nitrogen and oxygen atoms in total. The number of β-amino-alcohol motifs (C(OH)–C–C–N with tert-alkyl or cyclic N) is 1. The fourth-order valence-corrected chi connectivity index (χ4v) is 5.32. The number of nitrogens with zero attached hydrogens (tertiary/aromatic N) is 3. The summed E-state index contributed by atoms with van der Waals surface area (Å²) in [6.07, 6.45) is 6.37. The number of carbonyl (C=O) groups is 2. The van der Waals surface area contributed by atoms with E-state index < -0.39 is 6.10 Å². The van der Waals surface area contributed by atoms with E-state index in [4.69, 9.17) is 0 Å². The first-order valence-electron chi connectivity index (χ1n) is 10.2. The molecule has 2 fully saturated rings. The van der Waals surface area contributed by atoms with Crippen LogP contribution in [0, 0.1) is 5.41 Å². The van der Waals surface area contributed by atoms with E-state index in [0.29, 0.717) is 44.6 Å². The fourth-order valence-electron chi connectivity index (χ4n) is 4.62. The van der Waals surface area contributed by atoms with Gasteiger partial charge in [0.15, 0.2) is 0 Å². The van der Waals surface area contributed by atoms with Gasteiger partial charge in [0.05, 0.1) is 11.7 Å². The van der Waals surface area contributed by atoms with Crippen molar-refractivity contribution in [3.63, 3.8) is 0 Å². The molecule has 2 aliphatic rings. The quantitative estimate of drug-likeness (QED) is 0.836. The van der Waals surface area contributed by atoms with Gasteiger partial charge in [-0.2, -0.15) is 11.3 Å². The highest BCUT2D eigenvalue weighted by atomic mass is 32.1. The van der Waals surface area contributed by atoms with Crippen LogP contribution in [0.15, 0.2) is 41.4 Å². The summed E-state index contributed by atoms with van der Waals surface area (Å²) in [6.45, 7) is 2.39. The van der Waals surface area contributed by atoms with E-state index in [1.807, 2.05) is 10.3 Å². The molecule has 2 aromatic heterocycles. The van der Waals surface area contributed by atoms with Crippen LogP contribution in [-0.2, 0) is 11.2 Å². The lowest BCUT2D eigenvalue weighted by atomic mass is 9.71. The number of amides is 2. The van der Waals surface area contributed by atoms with Gasteiger partial charge in [0, 0.05) is 45.0 Å². The smallest absolute Gasteiger partial charge is 0.255 e. The predicted molar refractivity (Wildman–Crippen MR) is 112 cm³/mol. The van der Waals surface area contributed by atoms with Crippen molar-refractivity contribution in [2.45, 2.75) is 38.2 Å². The summed E-state index contributed by atoms with van der Waals surface area (Å²) >= 11 is 1.66. The molecular weight excluding hydrogens is 386 g/mol. The molecule has 0 radical (unpaired) electrons. The highest BCUT2D eigenvalue weighted by Gasteiger charge is 2.43. The van der Waals surface area contributed by atoms with Gasteiger partial charge in [-0.3, -0.25) is 14.6 Å². The summed E-state index contributed by atoms with van der Waals surface area (Å²) < 4.78 is 0. The molecular formula is C22H27N3O3S. The molecule has 0 aromatic carbocycles. The molecule has 1 spiro atoms. The Morgan fingerprint density at radius 3 is 2.76 bits per heavy atom. The van der Waals surface area contributed by atoms with Crippen molar-refractivity contribution in [2.24, 2.45) is 5.41 Å². The van der Waals surface area contributed by atoms with Crippen LogP contribution < -0.4 is 0 Å². The van der Waals surface area contributed by atoms with E-state index in [1.54, 1.807) is 40.8 Å². The number of rotatable bonds is 4. The topological polar surface area (TPSA) is 73.7 Å². The lowest BCUT2D eigenvalue weighted by molar-refractivity contribution is -0.134. The van der Waals surface area contributed by atoms with Crippen LogP contribution in [0.4, 0.5) is 0 Å². The van der Waals surface area contributed by atoms with Gasteiger partial charge >= 0.3 is 0 Å². The Labute approximate surface area is 175 Å². The normalized spacial score (nSPS) is 21.3. The fraction of sp³-hybridized carbons (Fsp3) is 0.500. The maximum Gasteiger partial charge on any atom is 0.255 e. The van der Waals surface area contributed by atoms with Gasteiger partial charge in [0.1, 0.15) is 0 Å². The number of aryl methyl sites for hydroxylation is 1. The van der Waals surface area contributed by atoms with Crippen molar-refractivity contribution >= 4 is 23.2 Å². The number of aliphatic hydroxyl groups is 1. The number of hydrogen-bond donors (Lipinski definition) is 1. The third kappa shape index (κ3) is 4.67. The van der Waals surface area contributed by atoms with Crippen molar-refractivity contribution in [3.05, 3.63) is 52.5 Å². The van der Waals surface area contributed by atoms with Gasteiger partial charge in [-0.25, -0.2) is 0 Å². The zero-order valence-electron chi connectivity index (χ0n) is 16.5. The van der Waals surface area contributed by atoms with Crippen LogP contribution in [0.25, 0.3) is 0 Å². The van der Waals surface area contributed by atoms with E-state index >= 15 is 0 Å². The zero-order chi connectivity index (χ0) is 20.3. The molecule has 2 aliphatic heterocycles. The first kappa shape index (κ1) is 20.0. The summed E-state index contributed by atoms with van der Waals surface area (Å²) in [6, 6.07) is 5.59. The molecule has 0 bridgehead atoms. The molecule has 154 valence electrons. The standard InChI is InChI=1S/C22H27N3O3S/c26-19-12-22(16-25(14-19)21(28)18-2-1-8-23-13-18)6-9-24(10-7-22)20(27)4-3-17-5-11-29-15-17/h1-2,5,8,11,13,15,19,26H,3-4,6-7,9-10,12,14,16H2. The molecule has 1 N–H and O–H groups in total. The number of hydrogen-bond acceptors (Lipinski definition) is 5. The van der Waals surface area contributed by atoms with E-state index in [-0.39, 0.29) is 17.2 Å². The molecule has 2 aromatic rings. The molecule has 2 saturated heterocycles. The largest absolute Gasteiger partial charge is 0.391 e. The van der Waals surface area contributed by atoms with Gasteiger partial charge in [-0.1, -0.05) is 0 Å². The van der Waals surface area contributed by atoms with Gasteiger partial charge in [0.25, 0.3) is 5.91 Å². The Bertz CT molecular complexity index is 832. The van der Waals surface area contributed by atoms with Gasteiger partial charge in [-0.05, 0) is 65.6 Å². The van der Waals surface area contributed by atoms with Gasteiger partial charge < -0.3 is 14.9 Å². The number of thiophene rings is 1. The molecule has 7 heteroatoms. The van der Waals surface area contributed by atoms with Gasteiger partial charge in [-0.15, -0.1) is 0 Å². The monoisotopic (exact) mass is 413 g/mol. The summed E-state index contributed by atoms with van der Waals surface area (Å²) in [5.41, 5.74) is 1.66. The van der Waals surface area contributed by atoms with E-state index in [1.165, 1.54) is 5.56 Å². The summed E-state index contributed by atoms with van der Waals surface area (Å²) in [4.78, 5) is 33.2. The van der Waals surface area contributed by atoms with E-state index in [9.17, 15) is 14.7 Å². The summed E-state index contributed by atoms with van der Waals surface area (Å²) in [5, 5.41) is 14.6. The molecule has 0 saturated carbocycles. The Balaban J connectivity index is 1.35. The minimum Gasteiger partial charge on any atom is -0.391 e. The van der Waals surface area contributed by atoms with Crippen molar-refractivity contribution < 1.29 is 14.7 Å². The van der Waals surface area contributed by atoms with Gasteiger partial charge in [0.2, 0.25) is 5.91 Å². The maximum absolute atomic E-state index is 12.9. The minimum absolute atomic E-state index is 0.0782. The Morgan fingerprint density at radius 2 is 2.07 bits per heavy atom. The first-order chi connectivity index (χ1) is 14.0. The second-order valence-electron chi connectivity index (χ2n) is 8.30. The van der Waals surface area contributed by atoms with Crippen molar-refractivity contribution in [1.29, 1.82) is 0 Å². The SMILES string of the molecule is O=C(CCc1ccsc1)N1CCC2(CC1)CC(O)CN(C(=O)c1cccnc1)C2. The molecule has 29 heavy (non-hydrogen) atoms. The molecule has 1 atom stereocenters. The maximum atomic E-state index is 12.9. The summed E-state index contributed by atoms with van der Waals surface area (Å²) in [7, 11) is 0. The van der Waals surface area contributed by atoms with Crippen LogP contribution in [0.2, 0.25) is 0 Å². The Morgan fingerprint density at radius 1 is 1.24 bits per heavy atom. The third-order valence-corrected chi connectivity index (χ3v) is 6.94. The van der Waals surface area contributed by atoms with Crippen LogP contribution in [0.3, 0.4) is 0 Å². The highest BCUT2D eigenvalue weighted by Crippen LogP contribution is 2.40. The summed E-state index contributed by atoms with van der Waals surface area (Å²) in [5.74, 6) is 0.121. The third-order valence-electron chi connectivity index (χ3n) is 6.21. The van der Waals surface area contributed by atoms with Crippen LogP contribution in [-0.4, -0.2) is 64.0 Å². The lowest BCUT2D eigenvalue weighted by Crippen LogP contribution is -2.55. The average Bonchev–Trinajstić information content (AvgIpc) is 3.26. The Kier molecular flexibility index (Phi) is 5.96.